The molecular weight excluding hydrogens is 473 g/mol. The van der Waals surface area contributed by atoms with E-state index in [4.69, 9.17) is 16.7 Å². The van der Waals surface area contributed by atoms with Crippen molar-refractivity contribution in [2.24, 2.45) is 0 Å². The van der Waals surface area contributed by atoms with E-state index < -0.39 is 11.8 Å². The minimum absolute atomic E-state index is 0. The van der Waals surface area contributed by atoms with Crippen molar-refractivity contribution >= 4 is 97.4 Å². The Hall–Kier alpha value is -2.47. The first-order chi connectivity index (χ1) is 15.4. The molecular formula is C22H17ClKN5O4. The number of anilines is 1. The van der Waals surface area contributed by atoms with E-state index >= 15 is 0 Å². The molecule has 0 saturated carbocycles. The number of pyridine rings is 1. The van der Waals surface area contributed by atoms with Crippen LogP contribution in [0.4, 0.5) is 5.69 Å². The summed E-state index contributed by atoms with van der Waals surface area (Å²) in [6.45, 7) is -0.347. The van der Waals surface area contributed by atoms with Crippen molar-refractivity contribution in [1.29, 1.82) is 0 Å². The Morgan fingerprint density at radius 3 is 2.55 bits per heavy atom. The van der Waals surface area contributed by atoms with E-state index in [-0.39, 0.29) is 81.4 Å². The number of carbonyl (C=O) groups is 3. The first-order valence-electron chi connectivity index (χ1n) is 9.45. The van der Waals surface area contributed by atoms with Gasteiger partial charge in [0, 0.05) is 34.6 Å². The second-order valence-electron chi connectivity index (χ2n) is 6.97. The van der Waals surface area contributed by atoms with Gasteiger partial charge in [-0.15, -0.1) is 0 Å². The molecule has 1 aromatic carbocycles. The van der Waals surface area contributed by atoms with Gasteiger partial charge in [-0.1, -0.05) is 23.7 Å². The Morgan fingerprint density at radius 1 is 1.06 bits per heavy atom. The molecule has 4 rings (SSSR count). The molecule has 0 aliphatic rings. The number of benzene rings is 1. The number of hydrogen-bond acceptors (Lipinski definition) is 6. The number of amides is 1. The standard InChI is InChI=1S/C22H16ClN5O4.K.H/c23-15-3-1-13(2-4-15)5-19(29)27-16-6-14(7-24-8-16)21(32)18-10-28(11-20(30)31)22-17(18)9-25-12-26-22;;/h1-4,6-10,12H,5,11H2,(H,27,29)(H,30,31);;. The van der Waals surface area contributed by atoms with Crippen molar-refractivity contribution in [2.45, 2.75) is 13.0 Å². The fraction of sp³-hybridized carbons (Fsp3) is 0.0909. The molecule has 11 heteroatoms. The van der Waals surface area contributed by atoms with Crippen molar-refractivity contribution in [2.75, 3.05) is 5.32 Å². The van der Waals surface area contributed by atoms with Crippen LogP contribution in [0.2, 0.25) is 5.02 Å². The van der Waals surface area contributed by atoms with Crippen LogP contribution in [0.25, 0.3) is 11.0 Å². The van der Waals surface area contributed by atoms with Crippen LogP contribution in [0, 0.1) is 0 Å². The van der Waals surface area contributed by atoms with Crippen LogP contribution in [0.5, 0.6) is 0 Å². The summed E-state index contributed by atoms with van der Waals surface area (Å²) in [5, 5.41) is 12.9. The number of ketones is 1. The van der Waals surface area contributed by atoms with Crippen molar-refractivity contribution in [3.63, 3.8) is 0 Å². The zero-order chi connectivity index (χ0) is 22.7. The third-order valence-corrected chi connectivity index (χ3v) is 4.90. The SMILES string of the molecule is O=C(O)Cn1cc(C(=O)c2cncc(NC(=O)Cc3ccc(Cl)cc3)c2)c2cncnc21.[KH]. The average Bonchev–Trinajstić information content (AvgIpc) is 3.13. The molecule has 0 atom stereocenters. The number of carboxylic acids is 1. The molecule has 4 aromatic rings. The normalized spacial score (nSPS) is 10.5. The van der Waals surface area contributed by atoms with E-state index in [0.717, 1.165) is 5.56 Å². The van der Waals surface area contributed by atoms with E-state index in [9.17, 15) is 14.4 Å². The molecule has 0 fully saturated rings. The predicted octanol–water partition coefficient (Wildman–Crippen LogP) is 2.33. The molecule has 1 amide bonds. The maximum atomic E-state index is 13.1. The molecule has 2 N–H and O–H groups in total. The first-order valence-corrected chi connectivity index (χ1v) is 9.83. The summed E-state index contributed by atoms with van der Waals surface area (Å²) >= 11 is 5.86. The van der Waals surface area contributed by atoms with Crippen molar-refractivity contribution in [3.8, 4) is 0 Å². The summed E-state index contributed by atoms with van der Waals surface area (Å²) in [5.41, 5.74) is 1.96. The predicted molar refractivity (Wildman–Crippen MR) is 124 cm³/mol. The molecule has 33 heavy (non-hydrogen) atoms. The summed E-state index contributed by atoms with van der Waals surface area (Å²) in [7, 11) is 0. The Kier molecular flexibility index (Phi) is 8.46. The van der Waals surface area contributed by atoms with Crippen LogP contribution >= 0.6 is 11.6 Å². The summed E-state index contributed by atoms with van der Waals surface area (Å²) in [5.74, 6) is -1.73. The number of hydrogen-bond donors (Lipinski definition) is 2. The van der Waals surface area contributed by atoms with Gasteiger partial charge in [-0.3, -0.25) is 19.4 Å². The molecule has 9 nitrogen and oxygen atoms in total. The number of carboxylic acid groups (broad SMARTS) is 1. The van der Waals surface area contributed by atoms with Gasteiger partial charge < -0.3 is 15.0 Å². The van der Waals surface area contributed by atoms with Crippen molar-refractivity contribution in [1.82, 2.24) is 19.5 Å². The number of nitrogens with one attached hydrogen (secondary N) is 1. The average molecular weight is 490 g/mol. The number of rotatable bonds is 7. The van der Waals surface area contributed by atoms with Crippen LogP contribution < -0.4 is 5.32 Å². The van der Waals surface area contributed by atoms with E-state index in [1.807, 2.05) is 0 Å². The van der Waals surface area contributed by atoms with E-state index in [1.165, 1.54) is 41.7 Å². The molecule has 0 aliphatic carbocycles. The van der Waals surface area contributed by atoms with Crippen LogP contribution in [0.15, 0.2) is 61.4 Å². The Morgan fingerprint density at radius 2 is 1.82 bits per heavy atom. The van der Waals surface area contributed by atoms with Crippen LogP contribution in [0.3, 0.4) is 0 Å². The molecule has 162 valence electrons. The molecule has 3 aromatic heterocycles. The fourth-order valence-corrected chi connectivity index (χ4v) is 3.38. The molecule has 3 heterocycles. The number of carbonyl (C=O) groups excluding carboxylic acids is 2. The van der Waals surface area contributed by atoms with Gasteiger partial charge in [0.15, 0.2) is 5.78 Å². The third kappa shape index (κ3) is 6.11. The third-order valence-electron chi connectivity index (χ3n) is 4.65. The second kappa shape index (κ2) is 11.1. The van der Waals surface area contributed by atoms with Gasteiger partial charge in [-0.2, -0.15) is 0 Å². The molecule has 0 radical (unpaired) electrons. The van der Waals surface area contributed by atoms with Crippen LogP contribution in [-0.4, -0.2) is 93.7 Å². The second-order valence-corrected chi connectivity index (χ2v) is 7.40. The van der Waals surface area contributed by atoms with Gasteiger partial charge in [0.1, 0.15) is 18.5 Å². The number of aliphatic carboxylic acids is 1. The van der Waals surface area contributed by atoms with Gasteiger partial charge in [0.2, 0.25) is 5.91 Å². The summed E-state index contributed by atoms with van der Waals surface area (Å²) in [6.07, 6.45) is 7.12. The summed E-state index contributed by atoms with van der Waals surface area (Å²) in [6, 6.07) is 8.44. The molecule has 0 aliphatic heterocycles. The fourth-order valence-electron chi connectivity index (χ4n) is 3.26. The zero-order valence-corrected chi connectivity index (χ0v) is 17.3. The zero-order valence-electron chi connectivity index (χ0n) is 16.5. The van der Waals surface area contributed by atoms with Gasteiger partial charge in [-0.05, 0) is 23.8 Å². The quantitative estimate of drug-likeness (QED) is 0.301. The first kappa shape index (κ1) is 25.2. The van der Waals surface area contributed by atoms with E-state index in [1.54, 1.807) is 24.3 Å². The van der Waals surface area contributed by atoms with Gasteiger partial charge >= 0.3 is 57.4 Å². The number of nitrogens with zero attached hydrogens (tertiary/aromatic N) is 4. The Labute approximate surface area is 235 Å². The van der Waals surface area contributed by atoms with Crippen molar-refractivity contribution < 1.29 is 19.5 Å². The van der Waals surface area contributed by atoms with Crippen LogP contribution in [0.1, 0.15) is 21.5 Å². The van der Waals surface area contributed by atoms with E-state index in [2.05, 4.69) is 20.3 Å². The van der Waals surface area contributed by atoms with Gasteiger partial charge in [0.25, 0.3) is 0 Å². The van der Waals surface area contributed by atoms with Gasteiger partial charge in [-0.25, -0.2) is 9.97 Å². The Bertz CT molecular complexity index is 1340. The molecule has 0 bridgehead atoms. The molecule has 0 saturated heterocycles. The minimum atomic E-state index is -1.06. The molecule has 0 unspecified atom stereocenters. The molecule has 0 spiro atoms. The van der Waals surface area contributed by atoms with Crippen molar-refractivity contribution in [3.05, 3.63) is 83.2 Å². The maximum absolute atomic E-state index is 13.1. The van der Waals surface area contributed by atoms with E-state index in [0.29, 0.717) is 21.7 Å². The topological polar surface area (TPSA) is 127 Å². The number of aromatic nitrogens is 4. The number of fused-ring (bicyclic) bond motifs is 1. The van der Waals surface area contributed by atoms with Crippen LogP contribution in [-0.2, 0) is 22.6 Å². The number of halogens is 1. The summed E-state index contributed by atoms with van der Waals surface area (Å²) < 4.78 is 1.37. The Balaban J connectivity index is 0.00000306. The summed E-state index contributed by atoms with van der Waals surface area (Å²) in [4.78, 5) is 48.7. The van der Waals surface area contributed by atoms with Gasteiger partial charge in [0.05, 0.1) is 23.9 Å². The monoisotopic (exact) mass is 489 g/mol.